The lowest BCUT2D eigenvalue weighted by molar-refractivity contribution is 0.701. The summed E-state index contributed by atoms with van der Waals surface area (Å²) >= 11 is 11.9. The number of rotatable bonds is 4. The summed E-state index contributed by atoms with van der Waals surface area (Å²) in [7, 11) is 0. The third-order valence-electron chi connectivity index (χ3n) is 1.95. The zero-order chi connectivity index (χ0) is 11.1. The van der Waals surface area contributed by atoms with Gasteiger partial charge in [0.15, 0.2) is 0 Å². The summed E-state index contributed by atoms with van der Waals surface area (Å²) in [5, 5.41) is 4.49. The van der Waals surface area contributed by atoms with Crippen LogP contribution in [-0.4, -0.2) is 6.54 Å². The topological polar surface area (TPSA) is 12.0 Å². The fraction of sp³-hybridized carbons (Fsp3) is 0.333. The molecule has 1 nitrogen and oxygen atoms in total. The van der Waals surface area contributed by atoms with E-state index in [2.05, 4.69) is 17.2 Å². The van der Waals surface area contributed by atoms with Crippen LogP contribution in [0.2, 0.25) is 10.0 Å². The highest BCUT2D eigenvalue weighted by Gasteiger charge is 2.02. The summed E-state index contributed by atoms with van der Waals surface area (Å²) in [5.74, 6) is 5.84. The highest BCUT2D eigenvalue weighted by Crippen LogP contribution is 2.25. The van der Waals surface area contributed by atoms with Crippen LogP contribution in [0.4, 0.5) is 0 Å². The first kappa shape index (κ1) is 12.4. The van der Waals surface area contributed by atoms with Crippen LogP contribution in [0.3, 0.4) is 0 Å². The van der Waals surface area contributed by atoms with Gasteiger partial charge in [0.25, 0.3) is 0 Å². The Hall–Kier alpha value is -0.680. The first-order valence-electron chi connectivity index (χ1n) is 4.79. The van der Waals surface area contributed by atoms with Gasteiger partial charge in [0.05, 0.1) is 10.0 Å². The van der Waals surface area contributed by atoms with E-state index >= 15 is 0 Å². The Balaban J connectivity index is 2.43. The normalized spacial score (nSPS) is 9.53. The number of halogens is 2. The molecule has 0 fully saturated rings. The number of hydrogen-bond donors (Lipinski definition) is 1. The molecule has 80 valence electrons. The van der Waals surface area contributed by atoms with Gasteiger partial charge in [0.1, 0.15) is 0 Å². The minimum atomic E-state index is 0.601. The zero-order valence-corrected chi connectivity index (χ0v) is 10.1. The van der Waals surface area contributed by atoms with Gasteiger partial charge in [-0.2, -0.15) is 0 Å². The molecular formula is C12H13Cl2N. The Kier molecular flexibility index (Phi) is 5.57. The van der Waals surface area contributed by atoms with E-state index in [4.69, 9.17) is 23.2 Å². The van der Waals surface area contributed by atoms with E-state index in [9.17, 15) is 0 Å². The molecule has 0 saturated heterocycles. The van der Waals surface area contributed by atoms with Crippen LogP contribution in [0.15, 0.2) is 18.2 Å². The van der Waals surface area contributed by atoms with Crippen LogP contribution >= 0.6 is 23.2 Å². The van der Waals surface area contributed by atoms with Crippen molar-refractivity contribution in [2.24, 2.45) is 0 Å². The van der Waals surface area contributed by atoms with Crippen molar-refractivity contribution in [2.75, 3.05) is 6.54 Å². The summed E-state index contributed by atoms with van der Waals surface area (Å²) in [5.41, 5.74) is 1.02. The van der Waals surface area contributed by atoms with Crippen molar-refractivity contribution in [2.45, 2.75) is 19.9 Å². The van der Waals surface area contributed by atoms with Crippen LogP contribution in [0, 0.1) is 11.8 Å². The van der Waals surface area contributed by atoms with Gasteiger partial charge in [-0.05, 0) is 18.6 Å². The molecule has 0 amide bonds. The summed E-state index contributed by atoms with van der Waals surface area (Å²) in [4.78, 5) is 0. The predicted molar refractivity (Wildman–Crippen MR) is 66.2 cm³/mol. The molecule has 0 aliphatic heterocycles. The lowest BCUT2D eigenvalue weighted by Crippen LogP contribution is -2.14. The minimum Gasteiger partial charge on any atom is -0.312 e. The van der Waals surface area contributed by atoms with Crippen molar-refractivity contribution in [1.29, 1.82) is 0 Å². The van der Waals surface area contributed by atoms with E-state index in [1.807, 2.05) is 19.1 Å². The monoisotopic (exact) mass is 241 g/mol. The minimum absolute atomic E-state index is 0.601. The lowest BCUT2D eigenvalue weighted by atomic mass is 10.2. The molecule has 15 heavy (non-hydrogen) atoms. The first-order chi connectivity index (χ1) is 7.25. The van der Waals surface area contributed by atoms with Gasteiger partial charge in [0.2, 0.25) is 0 Å². The first-order valence-corrected chi connectivity index (χ1v) is 5.54. The molecule has 0 unspecified atom stereocenters. The fourth-order valence-corrected chi connectivity index (χ4v) is 1.57. The van der Waals surface area contributed by atoms with Crippen LogP contribution < -0.4 is 5.32 Å². The predicted octanol–water partition coefficient (Wildman–Crippen LogP) is 3.50. The zero-order valence-electron chi connectivity index (χ0n) is 8.61. The third kappa shape index (κ3) is 4.13. The standard InChI is InChI=1S/C12H13Cl2N/c1-2-3-4-8-15-9-10-6-5-7-11(13)12(10)14/h5-7,15H,4,8-9H2,1H3. The Labute approximate surface area is 101 Å². The second-order valence-corrected chi connectivity index (χ2v) is 3.85. The van der Waals surface area contributed by atoms with Gasteiger partial charge in [-0.3, -0.25) is 0 Å². The Morgan fingerprint density at radius 2 is 2.13 bits per heavy atom. The average molecular weight is 242 g/mol. The van der Waals surface area contributed by atoms with Crippen LogP contribution in [0.1, 0.15) is 18.9 Å². The fourth-order valence-electron chi connectivity index (χ4n) is 1.18. The number of nitrogens with one attached hydrogen (secondary N) is 1. The largest absolute Gasteiger partial charge is 0.312 e. The van der Waals surface area contributed by atoms with Crippen molar-refractivity contribution < 1.29 is 0 Å². The van der Waals surface area contributed by atoms with E-state index in [0.29, 0.717) is 10.0 Å². The maximum absolute atomic E-state index is 6.03. The van der Waals surface area contributed by atoms with Crippen molar-refractivity contribution in [3.8, 4) is 11.8 Å². The van der Waals surface area contributed by atoms with E-state index in [-0.39, 0.29) is 0 Å². The van der Waals surface area contributed by atoms with Gasteiger partial charge >= 0.3 is 0 Å². The van der Waals surface area contributed by atoms with E-state index in [1.54, 1.807) is 6.07 Å². The smallest absolute Gasteiger partial charge is 0.0637 e. The van der Waals surface area contributed by atoms with E-state index < -0.39 is 0 Å². The molecule has 0 bridgehead atoms. The summed E-state index contributed by atoms with van der Waals surface area (Å²) in [6, 6.07) is 5.65. The maximum atomic E-state index is 6.03. The van der Waals surface area contributed by atoms with Crippen molar-refractivity contribution in [1.82, 2.24) is 5.32 Å². The molecule has 0 spiro atoms. The molecule has 1 aromatic carbocycles. The van der Waals surface area contributed by atoms with Crippen molar-refractivity contribution >= 4 is 23.2 Å². The maximum Gasteiger partial charge on any atom is 0.0637 e. The van der Waals surface area contributed by atoms with Crippen molar-refractivity contribution in [3.63, 3.8) is 0 Å². The van der Waals surface area contributed by atoms with Gasteiger partial charge in [-0.15, -0.1) is 11.8 Å². The van der Waals surface area contributed by atoms with Gasteiger partial charge in [-0.1, -0.05) is 35.3 Å². The van der Waals surface area contributed by atoms with Gasteiger partial charge in [-0.25, -0.2) is 0 Å². The molecule has 0 aromatic heterocycles. The molecule has 0 saturated carbocycles. The molecule has 1 rings (SSSR count). The molecule has 3 heteroatoms. The number of hydrogen-bond acceptors (Lipinski definition) is 1. The summed E-state index contributed by atoms with van der Waals surface area (Å²) in [6.07, 6.45) is 0.856. The third-order valence-corrected chi connectivity index (χ3v) is 2.81. The highest BCUT2D eigenvalue weighted by molar-refractivity contribution is 6.42. The van der Waals surface area contributed by atoms with Crippen LogP contribution in [-0.2, 0) is 6.54 Å². The van der Waals surface area contributed by atoms with Crippen LogP contribution in [0.25, 0.3) is 0 Å². The molecule has 0 heterocycles. The molecular weight excluding hydrogens is 229 g/mol. The Morgan fingerprint density at radius 3 is 2.87 bits per heavy atom. The highest BCUT2D eigenvalue weighted by atomic mass is 35.5. The van der Waals surface area contributed by atoms with Gasteiger partial charge in [0, 0.05) is 19.5 Å². The molecule has 0 radical (unpaired) electrons. The molecule has 0 atom stereocenters. The molecule has 1 N–H and O–H groups in total. The lowest BCUT2D eigenvalue weighted by Gasteiger charge is -2.06. The molecule has 0 aliphatic carbocycles. The van der Waals surface area contributed by atoms with E-state index in [0.717, 1.165) is 25.1 Å². The molecule has 1 aromatic rings. The van der Waals surface area contributed by atoms with E-state index in [1.165, 1.54) is 0 Å². The summed E-state index contributed by atoms with van der Waals surface area (Å²) < 4.78 is 0. The Morgan fingerprint density at radius 1 is 1.33 bits per heavy atom. The molecule has 0 aliphatic rings. The summed E-state index contributed by atoms with van der Waals surface area (Å²) in [6.45, 7) is 3.43. The quantitative estimate of drug-likeness (QED) is 0.629. The van der Waals surface area contributed by atoms with Crippen molar-refractivity contribution in [3.05, 3.63) is 33.8 Å². The SMILES string of the molecule is CC#CCCNCc1cccc(Cl)c1Cl. The second-order valence-electron chi connectivity index (χ2n) is 3.07. The number of benzene rings is 1. The Bertz CT molecular complexity index is 377. The van der Waals surface area contributed by atoms with Gasteiger partial charge < -0.3 is 5.32 Å². The average Bonchev–Trinajstić information content (AvgIpc) is 2.24. The second kappa shape index (κ2) is 6.74. The van der Waals surface area contributed by atoms with Crippen LogP contribution in [0.5, 0.6) is 0 Å².